The summed E-state index contributed by atoms with van der Waals surface area (Å²) in [5.74, 6) is -0.107. The van der Waals surface area contributed by atoms with Gasteiger partial charge in [-0.05, 0) is 19.8 Å². The van der Waals surface area contributed by atoms with Gasteiger partial charge in [-0.3, -0.25) is 0 Å². The fraction of sp³-hybridized carbons (Fsp3) is 0.900. The lowest BCUT2D eigenvalue weighted by Crippen LogP contribution is -2.47. The number of nitrogens with zero attached hydrogens (tertiary/aromatic N) is 1. The summed E-state index contributed by atoms with van der Waals surface area (Å²) in [7, 11) is -3.45. The third-order valence-corrected chi connectivity index (χ3v) is 3.88. The molecule has 0 aromatic heterocycles. The average Bonchev–Trinajstić information content (AvgIpc) is 2.26. The molecule has 6 heteroatoms. The highest BCUT2D eigenvalue weighted by Gasteiger charge is 2.30. The molecule has 0 fully saturated rings. The molecule has 0 aliphatic carbocycles. The Bertz CT molecular complexity index is 328. The van der Waals surface area contributed by atoms with Gasteiger partial charge >= 0.3 is 0 Å². The highest BCUT2D eigenvalue weighted by molar-refractivity contribution is 7.89. The number of sulfonamides is 1. The maximum atomic E-state index is 11.7. The number of hydrogen-bond acceptors (Lipinski definition) is 4. The zero-order valence-electron chi connectivity index (χ0n) is 10.1. The summed E-state index contributed by atoms with van der Waals surface area (Å²) in [4.78, 5) is 0. The normalized spacial score (nSPS) is 12.4. The predicted molar refractivity (Wildman–Crippen MR) is 62.3 cm³/mol. The lowest BCUT2D eigenvalue weighted by atomic mass is 9.97. The van der Waals surface area contributed by atoms with E-state index in [0.717, 1.165) is 0 Å². The van der Waals surface area contributed by atoms with E-state index >= 15 is 0 Å². The van der Waals surface area contributed by atoms with Crippen molar-refractivity contribution in [3.8, 4) is 6.07 Å². The van der Waals surface area contributed by atoms with Crippen molar-refractivity contribution in [2.45, 2.75) is 39.2 Å². The van der Waals surface area contributed by atoms with Crippen LogP contribution >= 0.6 is 0 Å². The number of rotatable bonds is 8. The molecular weight excluding hydrogens is 228 g/mol. The van der Waals surface area contributed by atoms with Gasteiger partial charge in [-0.15, -0.1) is 0 Å². The molecule has 5 nitrogen and oxygen atoms in total. The molecule has 0 aromatic carbocycles. The van der Waals surface area contributed by atoms with E-state index < -0.39 is 15.6 Å². The smallest absolute Gasteiger partial charge is 0.215 e. The van der Waals surface area contributed by atoms with E-state index in [9.17, 15) is 8.42 Å². The largest absolute Gasteiger partial charge is 0.381 e. The average molecular weight is 248 g/mol. The van der Waals surface area contributed by atoms with Crippen molar-refractivity contribution in [3.63, 3.8) is 0 Å². The van der Waals surface area contributed by atoms with Crippen LogP contribution in [0.15, 0.2) is 0 Å². The maximum absolute atomic E-state index is 11.7. The van der Waals surface area contributed by atoms with Gasteiger partial charge in [0.05, 0.1) is 18.4 Å². The Morgan fingerprint density at radius 2 is 1.88 bits per heavy atom. The summed E-state index contributed by atoms with van der Waals surface area (Å²) in [5, 5.41) is 9.00. The first-order chi connectivity index (χ1) is 7.45. The Hall–Kier alpha value is -0.640. The predicted octanol–water partition coefficient (Wildman–Crippen LogP) is 1.02. The molecule has 0 aromatic rings. The van der Waals surface area contributed by atoms with Crippen LogP contribution in [-0.2, 0) is 14.8 Å². The number of nitriles is 1. The second-order valence-electron chi connectivity index (χ2n) is 3.52. The first-order valence-corrected chi connectivity index (χ1v) is 7.11. The summed E-state index contributed by atoms with van der Waals surface area (Å²) in [5.41, 5.74) is -0.981. The maximum Gasteiger partial charge on any atom is 0.215 e. The second-order valence-corrected chi connectivity index (χ2v) is 5.36. The Labute approximate surface area is 97.8 Å². The molecule has 0 spiro atoms. The molecule has 0 unspecified atom stereocenters. The van der Waals surface area contributed by atoms with Gasteiger partial charge in [0.15, 0.2) is 0 Å². The second kappa shape index (κ2) is 6.84. The first-order valence-electron chi connectivity index (χ1n) is 5.46. The summed E-state index contributed by atoms with van der Waals surface area (Å²) in [6, 6.07) is 2.03. The molecule has 0 aliphatic rings. The van der Waals surface area contributed by atoms with Gasteiger partial charge in [0.2, 0.25) is 10.0 Å². The zero-order chi connectivity index (χ0) is 12.7. The van der Waals surface area contributed by atoms with E-state index in [0.29, 0.717) is 19.4 Å². The van der Waals surface area contributed by atoms with Crippen molar-refractivity contribution in [1.29, 1.82) is 5.26 Å². The molecule has 0 saturated carbocycles. The molecule has 16 heavy (non-hydrogen) atoms. The van der Waals surface area contributed by atoms with Gasteiger partial charge in [0, 0.05) is 6.61 Å². The molecule has 0 amide bonds. The third kappa shape index (κ3) is 4.92. The van der Waals surface area contributed by atoms with Gasteiger partial charge in [0.1, 0.15) is 5.54 Å². The van der Waals surface area contributed by atoms with Crippen LogP contribution < -0.4 is 4.72 Å². The van der Waals surface area contributed by atoms with Gasteiger partial charge in [-0.2, -0.15) is 9.98 Å². The van der Waals surface area contributed by atoms with Crippen LogP contribution in [0.2, 0.25) is 0 Å². The van der Waals surface area contributed by atoms with Crippen LogP contribution in [0.1, 0.15) is 33.6 Å². The van der Waals surface area contributed by atoms with Crippen molar-refractivity contribution < 1.29 is 13.2 Å². The van der Waals surface area contributed by atoms with Crippen molar-refractivity contribution in [1.82, 2.24) is 4.72 Å². The van der Waals surface area contributed by atoms with E-state index in [1.54, 1.807) is 20.8 Å². The first kappa shape index (κ1) is 15.4. The van der Waals surface area contributed by atoms with Gasteiger partial charge in [0.25, 0.3) is 0 Å². The minimum absolute atomic E-state index is 0.107. The van der Waals surface area contributed by atoms with Crippen molar-refractivity contribution in [3.05, 3.63) is 0 Å². The van der Waals surface area contributed by atoms with E-state index in [1.165, 1.54) is 0 Å². The Morgan fingerprint density at radius 1 is 1.31 bits per heavy atom. The van der Waals surface area contributed by atoms with Crippen molar-refractivity contribution >= 4 is 10.0 Å². The van der Waals surface area contributed by atoms with Crippen LogP contribution in [0.25, 0.3) is 0 Å². The van der Waals surface area contributed by atoms with Crippen LogP contribution in [-0.4, -0.2) is 32.9 Å². The Balaban J connectivity index is 4.50. The zero-order valence-corrected chi connectivity index (χ0v) is 10.9. The van der Waals surface area contributed by atoms with E-state index in [1.807, 2.05) is 6.07 Å². The van der Waals surface area contributed by atoms with Crippen molar-refractivity contribution in [2.24, 2.45) is 0 Å². The summed E-state index contributed by atoms with van der Waals surface area (Å²) in [6.45, 7) is 6.02. The highest BCUT2D eigenvalue weighted by Crippen LogP contribution is 2.15. The van der Waals surface area contributed by atoms with Crippen LogP contribution in [0.4, 0.5) is 0 Å². The molecule has 0 saturated heterocycles. The number of hydrogen-bond donors (Lipinski definition) is 1. The third-order valence-electron chi connectivity index (χ3n) is 2.47. The molecule has 0 atom stereocenters. The number of ether oxygens (including phenoxy) is 1. The van der Waals surface area contributed by atoms with E-state index in [-0.39, 0.29) is 12.4 Å². The van der Waals surface area contributed by atoms with Crippen LogP contribution in [0.5, 0.6) is 0 Å². The van der Waals surface area contributed by atoms with E-state index in [2.05, 4.69) is 4.72 Å². The molecule has 0 rings (SSSR count). The molecule has 1 N–H and O–H groups in total. The minimum Gasteiger partial charge on any atom is -0.381 e. The van der Waals surface area contributed by atoms with Crippen molar-refractivity contribution in [2.75, 3.05) is 19.0 Å². The van der Waals surface area contributed by atoms with Gasteiger partial charge in [-0.1, -0.05) is 13.8 Å². The quantitative estimate of drug-likeness (QED) is 0.650. The fourth-order valence-corrected chi connectivity index (χ4v) is 2.61. The highest BCUT2D eigenvalue weighted by atomic mass is 32.2. The molecule has 0 heterocycles. The molecule has 0 bridgehead atoms. The minimum atomic E-state index is -3.45. The van der Waals surface area contributed by atoms with Crippen LogP contribution in [0.3, 0.4) is 0 Å². The monoisotopic (exact) mass is 248 g/mol. The molecule has 0 aliphatic heterocycles. The van der Waals surface area contributed by atoms with E-state index in [4.69, 9.17) is 10.00 Å². The molecule has 94 valence electrons. The lowest BCUT2D eigenvalue weighted by Gasteiger charge is -2.24. The fourth-order valence-electron chi connectivity index (χ4n) is 1.24. The summed E-state index contributed by atoms with van der Waals surface area (Å²) >= 11 is 0. The standard InChI is InChI=1S/C10H20N2O3S/c1-4-10(5-2,9-11)12-16(13,14)8-7-15-6-3/h12H,4-8H2,1-3H3. The Kier molecular flexibility index (Phi) is 6.56. The summed E-state index contributed by atoms with van der Waals surface area (Å²) in [6.07, 6.45) is 0.904. The summed E-state index contributed by atoms with van der Waals surface area (Å²) < 4.78 is 30.7. The SMILES string of the molecule is CCOCCS(=O)(=O)NC(C#N)(CC)CC. The van der Waals surface area contributed by atoms with Gasteiger partial charge in [-0.25, -0.2) is 8.42 Å². The van der Waals surface area contributed by atoms with Crippen LogP contribution in [0, 0.1) is 11.3 Å². The topological polar surface area (TPSA) is 79.2 Å². The number of nitrogens with one attached hydrogen (secondary N) is 1. The molecular formula is C10H20N2O3S. The lowest BCUT2D eigenvalue weighted by molar-refractivity contribution is 0.163. The van der Waals surface area contributed by atoms with Gasteiger partial charge < -0.3 is 4.74 Å². The Morgan fingerprint density at radius 3 is 2.25 bits per heavy atom. The molecule has 0 radical (unpaired) electrons.